The molecule has 0 radical (unpaired) electrons. The van der Waals surface area contributed by atoms with Crippen molar-refractivity contribution in [1.29, 1.82) is 0 Å². The third-order valence-electron chi connectivity index (χ3n) is 3.40. The summed E-state index contributed by atoms with van der Waals surface area (Å²) in [4.78, 5) is 22.2. The van der Waals surface area contributed by atoms with Crippen molar-refractivity contribution in [3.63, 3.8) is 0 Å². The number of hydrogen-bond donors (Lipinski definition) is 0. The van der Waals surface area contributed by atoms with Gasteiger partial charge in [0.05, 0.1) is 31.8 Å². The first-order chi connectivity index (χ1) is 12.5. The van der Waals surface area contributed by atoms with E-state index in [1.807, 2.05) is 0 Å². The maximum Gasteiger partial charge on any atom is 0.343 e. The number of esters is 1. The maximum atomic E-state index is 12.4. The van der Waals surface area contributed by atoms with Crippen LogP contribution in [0.1, 0.15) is 15.9 Å². The van der Waals surface area contributed by atoms with Crippen LogP contribution >= 0.6 is 0 Å². The minimum Gasteiger partial charge on any atom is -0.493 e. The van der Waals surface area contributed by atoms with E-state index in [4.69, 9.17) is 18.9 Å². The summed E-state index contributed by atoms with van der Waals surface area (Å²) in [5.41, 5.74) is 0.798. The summed E-state index contributed by atoms with van der Waals surface area (Å²) in [5, 5.41) is 10.4. The van der Waals surface area contributed by atoms with Crippen LogP contribution in [-0.4, -0.2) is 32.2 Å². The highest BCUT2D eigenvalue weighted by Crippen LogP contribution is 2.31. The molecule has 0 aliphatic rings. The van der Waals surface area contributed by atoms with Crippen molar-refractivity contribution in [2.75, 3.05) is 21.3 Å². The van der Waals surface area contributed by atoms with E-state index in [-0.39, 0.29) is 17.1 Å². The highest BCUT2D eigenvalue weighted by molar-refractivity contribution is 5.92. The van der Waals surface area contributed by atoms with Crippen molar-refractivity contribution in [2.24, 2.45) is 0 Å². The van der Waals surface area contributed by atoms with Gasteiger partial charge in [-0.05, 0) is 35.9 Å². The van der Waals surface area contributed by atoms with Crippen molar-refractivity contribution >= 4 is 12.0 Å². The average Bonchev–Trinajstić information content (AvgIpc) is 2.66. The average molecular weight is 359 g/mol. The molecular weight excluding hydrogens is 342 g/mol. The van der Waals surface area contributed by atoms with E-state index in [1.54, 1.807) is 18.2 Å². The van der Waals surface area contributed by atoms with Crippen LogP contribution in [-0.2, 0) is 0 Å². The highest BCUT2D eigenvalue weighted by atomic mass is 16.6. The van der Waals surface area contributed by atoms with Gasteiger partial charge in [-0.3, -0.25) is 10.1 Å². The van der Waals surface area contributed by atoms with Crippen molar-refractivity contribution < 1.29 is 28.7 Å². The molecule has 0 heterocycles. The highest BCUT2D eigenvalue weighted by Gasteiger charge is 2.15. The molecule has 0 saturated carbocycles. The summed E-state index contributed by atoms with van der Waals surface area (Å²) in [7, 11) is 4.37. The Morgan fingerprint density at radius 1 is 0.923 bits per heavy atom. The zero-order valence-electron chi connectivity index (χ0n) is 14.4. The predicted octanol–water partition coefficient (Wildman–Crippen LogP) is 3.18. The van der Waals surface area contributed by atoms with Gasteiger partial charge in [0.25, 0.3) is 0 Å². The Morgan fingerprint density at radius 3 is 2.15 bits per heavy atom. The molecule has 0 aliphatic carbocycles. The summed E-state index contributed by atoms with van der Waals surface area (Å²) in [5.74, 6) is 0.727. The van der Waals surface area contributed by atoms with E-state index >= 15 is 0 Å². The van der Waals surface area contributed by atoms with E-state index in [0.717, 1.165) is 6.20 Å². The summed E-state index contributed by atoms with van der Waals surface area (Å²) >= 11 is 0. The van der Waals surface area contributed by atoms with E-state index in [1.165, 1.54) is 45.6 Å². The van der Waals surface area contributed by atoms with Gasteiger partial charge in [-0.2, -0.15) is 0 Å². The van der Waals surface area contributed by atoms with Crippen molar-refractivity contribution in [2.45, 2.75) is 0 Å². The SMILES string of the molecule is COc1ccc(C(=O)Oc2ccc(C=C[N+](=O)[O-])cc2OC)cc1OC. The van der Waals surface area contributed by atoms with Crippen LogP contribution in [0.4, 0.5) is 0 Å². The number of hydrogen-bond acceptors (Lipinski definition) is 7. The molecule has 2 aromatic carbocycles. The Balaban J connectivity index is 2.24. The lowest BCUT2D eigenvalue weighted by molar-refractivity contribution is -0.400. The van der Waals surface area contributed by atoms with Gasteiger partial charge in [-0.15, -0.1) is 0 Å². The van der Waals surface area contributed by atoms with Gasteiger partial charge >= 0.3 is 5.97 Å². The summed E-state index contributed by atoms with van der Waals surface area (Å²) in [6, 6.07) is 9.23. The predicted molar refractivity (Wildman–Crippen MR) is 93.5 cm³/mol. The third kappa shape index (κ3) is 4.50. The summed E-state index contributed by atoms with van der Waals surface area (Å²) in [6.45, 7) is 0. The normalized spacial score (nSPS) is 10.4. The smallest absolute Gasteiger partial charge is 0.343 e. The lowest BCUT2D eigenvalue weighted by Crippen LogP contribution is -2.09. The van der Waals surface area contributed by atoms with E-state index in [2.05, 4.69) is 0 Å². The topological polar surface area (TPSA) is 97.1 Å². The zero-order valence-corrected chi connectivity index (χ0v) is 14.4. The van der Waals surface area contributed by atoms with Crippen LogP contribution in [0.5, 0.6) is 23.0 Å². The summed E-state index contributed by atoms with van der Waals surface area (Å²) in [6.07, 6.45) is 2.12. The van der Waals surface area contributed by atoms with Crippen LogP contribution in [0.15, 0.2) is 42.6 Å². The quantitative estimate of drug-likeness (QED) is 0.324. The number of carbonyl (C=O) groups excluding carboxylic acids is 1. The number of ether oxygens (including phenoxy) is 4. The molecule has 8 heteroatoms. The Morgan fingerprint density at radius 2 is 1.54 bits per heavy atom. The molecule has 2 rings (SSSR count). The fourth-order valence-electron chi connectivity index (χ4n) is 2.14. The second-order valence-corrected chi connectivity index (χ2v) is 4.97. The molecule has 136 valence electrons. The Hall–Kier alpha value is -3.55. The number of nitro groups is 1. The molecule has 0 amide bonds. The minimum atomic E-state index is -0.613. The van der Waals surface area contributed by atoms with Crippen LogP contribution < -0.4 is 18.9 Å². The van der Waals surface area contributed by atoms with E-state index in [9.17, 15) is 14.9 Å². The molecule has 8 nitrogen and oxygen atoms in total. The van der Waals surface area contributed by atoms with Crippen molar-refractivity contribution in [3.05, 3.63) is 63.8 Å². The molecule has 0 aromatic heterocycles. The van der Waals surface area contributed by atoms with Crippen molar-refractivity contribution in [3.8, 4) is 23.0 Å². The first-order valence-electron chi connectivity index (χ1n) is 7.42. The van der Waals surface area contributed by atoms with Crippen LogP contribution in [0, 0.1) is 10.1 Å². The van der Waals surface area contributed by atoms with Crippen LogP contribution in [0.3, 0.4) is 0 Å². The first kappa shape index (κ1) is 18.8. The number of methoxy groups -OCH3 is 3. The standard InChI is InChI=1S/C18H17NO7/c1-23-14-7-5-13(11-17(14)25-3)18(20)26-15-6-4-12(8-9-19(21)22)10-16(15)24-2/h4-11H,1-3H3. The molecule has 0 spiro atoms. The molecule has 2 aromatic rings. The molecule has 0 N–H and O–H groups in total. The Kier molecular flexibility index (Phi) is 6.15. The number of nitrogens with zero attached hydrogens (tertiary/aromatic N) is 1. The van der Waals surface area contributed by atoms with E-state index < -0.39 is 10.9 Å². The fourth-order valence-corrected chi connectivity index (χ4v) is 2.14. The number of benzene rings is 2. The molecular formula is C18H17NO7. The van der Waals surface area contributed by atoms with Gasteiger partial charge in [-0.25, -0.2) is 4.79 Å². The zero-order chi connectivity index (χ0) is 19.1. The monoisotopic (exact) mass is 359 g/mol. The lowest BCUT2D eigenvalue weighted by Gasteiger charge is -2.11. The largest absolute Gasteiger partial charge is 0.493 e. The van der Waals surface area contributed by atoms with Gasteiger partial charge in [0.15, 0.2) is 23.0 Å². The van der Waals surface area contributed by atoms with Gasteiger partial charge in [-0.1, -0.05) is 6.07 Å². The van der Waals surface area contributed by atoms with Crippen LogP contribution in [0.2, 0.25) is 0 Å². The summed E-state index contributed by atoms with van der Waals surface area (Å²) < 4.78 is 20.8. The second kappa shape index (κ2) is 8.52. The van der Waals surface area contributed by atoms with Crippen molar-refractivity contribution in [1.82, 2.24) is 0 Å². The van der Waals surface area contributed by atoms with Gasteiger partial charge < -0.3 is 18.9 Å². The maximum absolute atomic E-state index is 12.4. The molecule has 0 unspecified atom stereocenters. The Bertz CT molecular complexity index is 845. The molecule has 0 fully saturated rings. The van der Waals surface area contributed by atoms with Crippen LogP contribution in [0.25, 0.3) is 6.08 Å². The molecule has 0 aliphatic heterocycles. The molecule has 0 bridgehead atoms. The lowest BCUT2D eigenvalue weighted by atomic mass is 10.2. The minimum absolute atomic E-state index is 0.186. The first-order valence-corrected chi connectivity index (χ1v) is 7.42. The Labute approximate surface area is 149 Å². The van der Waals surface area contributed by atoms with Gasteiger partial charge in [0, 0.05) is 6.08 Å². The van der Waals surface area contributed by atoms with E-state index in [0.29, 0.717) is 17.1 Å². The van der Waals surface area contributed by atoms with Gasteiger partial charge in [0.2, 0.25) is 6.20 Å². The number of rotatable bonds is 7. The molecule has 0 atom stereocenters. The third-order valence-corrected chi connectivity index (χ3v) is 3.40. The number of carbonyl (C=O) groups is 1. The second-order valence-electron chi connectivity index (χ2n) is 4.97. The fraction of sp³-hybridized carbons (Fsp3) is 0.167. The van der Waals surface area contributed by atoms with Gasteiger partial charge in [0.1, 0.15) is 0 Å². The molecule has 26 heavy (non-hydrogen) atoms. The molecule has 0 saturated heterocycles.